The number of rotatable bonds is 4. The van der Waals surface area contributed by atoms with Crippen molar-refractivity contribution in [2.75, 3.05) is 19.7 Å². The number of benzene rings is 2. The van der Waals surface area contributed by atoms with Gasteiger partial charge in [-0.25, -0.2) is 0 Å². The number of para-hydroxylation sites is 2. The van der Waals surface area contributed by atoms with Crippen LogP contribution in [0.5, 0.6) is 0 Å². The minimum absolute atomic E-state index is 0.0573. The van der Waals surface area contributed by atoms with Crippen molar-refractivity contribution >= 4 is 33.7 Å². The molecule has 1 aromatic heterocycles. The highest BCUT2D eigenvalue weighted by molar-refractivity contribution is 5.94. The van der Waals surface area contributed by atoms with Crippen molar-refractivity contribution in [1.82, 2.24) is 9.47 Å². The van der Waals surface area contributed by atoms with Gasteiger partial charge in [-0.15, -0.1) is 0 Å². The van der Waals surface area contributed by atoms with Crippen molar-refractivity contribution in [3.63, 3.8) is 0 Å². The van der Waals surface area contributed by atoms with Gasteiger partial charge in [0.25, 0.3) is 5.91 Å². The fraction of sp³-hybridized carbons (Fsp3) is 0.375. The summed E-state index contributed by atoms with van der Waals surface area (Å²) >= 11 is 0. The zero-order valence-corrected chi connectivity index (χ0v) is 17.0. The number of ether oxygens (including phenoxy) is 1. The molecule has 0 radical (unpaired) electrons. The maximum Gasteiger partial charge on any atom is 0.326 e. The standard InChI is InChI=1S/C24H26N2O4/c27-22(25-14-8-2-1-3-9-15-25)17-30-23(28)16-26-20-12-6-4-10-18(20)24(29)19-11-5-7-13-21(19)26/h4-7,10-13H,1-3,8-9,14-17H2. The number of carbonyl (C=O) groups excluding carboxylic acids is 2. The lowest BCUT2D eigenvalue weighted by molar-refractivity contribution is -0.152. The first kappa shape index (κ1) is 20.1. The quantitative estimate of drug-likeness (QED) is 0.491. The van der Waals surface area contributed by atoms with Crippen LogP contribution >= 0.6 is 0 Å². The van der Waals surface area contributed by atoms with Gasteiger partial charge in [-0.3, -0.25) is 14.4 Å². The summed E-state index contributed by atoms with van der Waals surface area (Å²) in [5.74, 6) is -0.630. The second kappa shape index (κ2) is 9.11. The first-order valence-corrected chi connectivity index (χ1v) is 10.6. The molecule has 0 bridgehead atoms. The van der Waals surface area contributed by atoms with Gasteiger partial charge in [-0.05, 0) is 37.1 Å². The van der Waals surface area contributed by atoms with Gasteiger partial charge in [-0.2, -0.15) is 0 Å². The Labute approximate surface area is 175 Å². The number of fused-ring (bicyclic) bond motifs is 2. The van der Waals surface area contributed by atoms with E-state index in [1.54, 1.807) is 21.6 Å². The number of likely N-dealkylation sites (tertiary alicyclic amines) is 1. The van der Waals surface area contributed by atoms with E-state index in [1.807, 2.05) is 36.4 Å². The number of pyridine rings is 1. The molecule has 2 aromatic carbocycles. The van der Waals surface area contributed by atoms with Gasteiger partial charge in [-0.1, -0.05) is 43.5 Å². The summed E-state index contributed by atoms with van der Waals surface area (Å²) in [7, 11) is 0. The number of esters is 1. The van der Waals surface area contributed by atoms with E-state index in [0.29, 0.717) is 21.8 Å². The molecule has 4 rings (SSSR count). The lowest BCUT2D eigenvalue weighted by atomic mass is 10.1. The van der Waals surface area contributed by atoms with Gasteiger partial charge in [0, 0.05) is 23.9 Å². The molecule has 30 heavy (non-hydrogen) atoms. The van der Waals surface area contributed by atoms with E-state index in [2.05, 4.69) is 0 Å². The number of hydrogen-bond donors (Lipinski definition) is 0. The van der Waals surface area contributed by atoms with Crippen LogP contribution in [0.1, 0.15) is 32.1 Å². The first-order valence-electron chi connectivity index (χ1n) is 10.6. The Morgan fingerprint density at radius 2 is 1.33 bits per heavy atom. The van der Waals surface area contributed by atoms with Gasteiger partial charge in [0.15, 0.2) is 12.0 Å². The molecule has 1 aliphatic rings. The van der Waals surface area contributed by atoms with Crippen LogP contribution in [-0.2, 0) is 20.9 Å². The SMILES string of the molecule is O=C(Cn1c2ccccc2c(=O)c2ccccc21)OCC(=O)N1CCCCCCC1. The Morgan fingerprint density at radius 1 is 0.800 bits per heavy atom. The molecular weight excluding hydrogens is 380 g/mol. The Morgan fingerprint density at radius 3 is 1.93 bits per heavy atom. The maximum atomic E-state index is 12.8. The van der Waals surface area contributed by atoms with E-state index < -0.39 is 5.97 Å². The van der Waals surface area contributed by atoms with E-state index in [-0.39, 0.29) is 24.5 Å². The van der Waals surface area contributed by atoms with Crippen LogP contribution in [0.4, 0.5) is 0 Å². The smallest absolute Gasteiger partial charge is 0.326 e. The Kier molecular flexibility index (Phi) is 6.12. The molecule has 1 amide bonds. The second-order valence-corrected chi connectivity index (χ2v) is 7.76. The Bertz CT molecular complexity index is 1070. The Hall–Kier alpha value is -3.15. The average Bonchev–Trinajstić information content (AvgIpc) is 2.75. The lowest BCUT2D eigenvalue weighted by Crippen LogP contribution is -2.37. The number of hydrogen-bond acceptors (Lipinski definition) is 4. The first-order chi connectivity index (χ1) is 14.6. The van der Waals surface area contributed by atoms with Gasteiger partial charge < -0.3 is 14.2 Å². The highest BCUT2D eigenvalue weighted by atomic mass is 16.5. The third-order valence-corrected chi connectivity index (χ3v) is 5.73. The molecule has 3 aromatic rings. The van der Waals surface area contributed by atoms with Gasteiger partial charge in [0.05, 0.1) is 11.0 Å². The molecule has 2 heterocycles. The third kappa shape index (κ3) is 4.22. The van der Waals surface area contributed by atoms with Crippen LogP contribution in [-0.4, -0.2) is 41.0 Å². The topological polar surface area (TPSA) is 68.6 Å². The van der Waals surface area contributed by atoms with Crippen LogP contribution < -0.4 is 5.43 Å². The largest absolute Gasteiger partial charge is 0.454 e. The van der Waals surface area contributed by atoms with E-state index in [1.165, 1.54) is 6.42 Å². The maximum absolute atomic E-state index is 12.8. The number of aromatic nitrogens is 1. The molecule has 1 saturated heterocycles. The number of carbonyl (C=O) groups is 2. The van der Waals surface area contributed by atoms with Crippen LogP contribution in [0, 0.1) is 0 Å². The molecule has 6 heteroatoms. The zero-order valence-electron chi connectivity index (χ0n) is 17.0. The van der Waals surface area contributed by atoms with Gasteiger partial charge >= 0.3 is 5.97 Å². The summed E-state index contributed by atoms with van der Waals surface area (Å²) in [6, 6.07) is 14.5. The highest BCUT2D eigenvalue weighted by Crippen LogP contribution is 2.19. The molecule has 156 valence electrons. The van der Waals surface area contributed by atoms with Crippen LogP contribution in [0.25, 0.3) is 21.8 Å². The molecule has 0 saturated carbocycles. The average molecular weight is 406 g/mol. The normalized spacial score (nSPS) is 15.0. The minimum Gasteiger partial charge on any atom is -0.454 e. The van der Waals surface area contributed by atoms with E-state index >= 15 is 0 Å². The highest BCUT2D eigenvalue weighted by Gasteiger charge is 2.18. The van der Waals surface area contributed by atoms with E-state index in [4.69, 9.17) is 4.74 Å². The summed E-state index contributed by atoms with van der Waals surface area (Å²) in [5.41, 5.74) is 1.29. The van der Waals surface area contributed by atoms with Crippen molar-refractivity contribution < 1.29 is 14.3 Å². The number of nitrogens with zero attached hydrogens (tertiary/aromatic N) is 2. The number of amides is 1. The molecule has 1 aliphatic heterocycles. The molecule has 1 fully saturated rings. The third-order valence-electron chi connectivity index (χ3n) is 5.73. The Balaban J connectivity index is 1.52. The fourth-order valence-corrected chi connectivity index (χ4v) is 4.15. The molecular formula is C24H26N2O4. The molecule has 0 spiro atoms. The van der Waals surface area contributed by atoms with Gasteiger partial charge in [0.2, 0.25) is 0 Å². The zero-order chi connectivity index (χ0) is 20.9. The summed E-state index contributed by atoms with van der Waals surface area (Å²) in [6.07, 6.45) is 5.48. The lowest BCUT2D eigenvalue weighted by Gasteiger charge is -2.24. The van der Waals surface area contributed by atoms with Crippen LogP contribution in [0.2, 0.25) is 0 Å². The van der Waals surface area contributed by atoms with Crippen molar-refractivity contribution in [3.8, 4) is 0 Å². The molecule has 0 N–H and O–H groups in total. The van der Waals surface area contributed by atoms with Gasteiger partial charge in [0.1, 0.15) is 6.54 Å². The fourth-order valence-electron chi connectivity index (χ4n) is 4.15. The van der Waals surface area contributed by atoms with Crippen molar-refractivity contribution in [2.45, 2.75) is 38.6 Å². The predicted octanol–water partition coefficient (Wildman–Crippen LogP) is 3.49. The summed E-state index contributed by atoms with van der Waals surface area (Å²) in [4.78, 5) is 39.7. The molecule has 0 unspecified atom stereocenters. The van der Waals surface area contributed by atoms with Crippen molar-refractivity contribution in [1.29, 1.82) is 0 Å². The van der Waals surface area contributed by atoms with Crippen LogP contribution in [0.15, 0.2) is 53.3 Å². The van der Waals surface area contributed by atoms with Crippen LogP contribution in [0.3, 0.4) is 0 Å². The summed E-state index contributed by atoms with van der Waals surface area (Å²) < 4.78 is 7.12. The molecule has 6 nitrogen and oxygen atoms in total. The van der Waals surface area contributed by atoms with E-state index in [9.17, 15) is 14.4 Å². The van der Waals surface area contributed by atoms with Crippen molar-refractivity contribution in [3.05, 3.63) is 58.8 Å². The monoisotopic (exact) mass is 406 g/mol. The van der Waals surface area contributed by atoms with Crippen molar-refractivity contribution in [2.24, 2.45) is 0 Å². The molecule has 0 aliphatic carbocycles. The van der Waals surface area contributed by atoms with E-state index in [0.717, 1.165) is 38.8 Å². The molecule has 0 atom stereocenters. The summed E-state index contributed by atoms with van der Waals surface area (Å²) in [6.45, 7) is 1.15. The second-order valence-electron chi connectivity index (χ2n) is 7.76. The summed E-state index contributed by atoms with van der Waals surface area (Å²) in [5, 5.41) is 1.11. The predicted molar refractivity (Wildman–Crippen MR) is 116 cm³/mol. The minimum atomic E-state index is -0.491.